The fourth-order valence-electron chi connectivity index (χ4n) is 4.39. The predicted octanol–water partition coefficient (Wildman–Crippen LogP) is 3.76. The second kappa shape index (κ2) is 21.5. The van der Waals surface area contributed by atoms with Gasteiger partial charge in [-0.05, 0) is 77.9 Å². The summed E-state index contributed by atoms with van der Waals surface area (Å²) in [6, 6.07) is 23.4. The van der Waals surface area contributed by atoms with Gasteiger partial charge >= 0.3 is 17.1 Å². The molecule has 12 nitrogen and oxygen atoms in total. The third-order valence-corrected chi connectivity index (χ3v) is 12.7. The van der Waals surface area contributed by atoms with E-state index in [1.807, 2.05) is 0 Å². The molecule has 16 heteroatoms. The van der Waals surface area contributed by atoms with E-state index in [0.29, 0.717) is 0 Å². The zero-order chi connectivity index (χ0) is 39.2. The molecule has 0 saturated heterocycles. The molecule has 0 atom stereocenters. The van der Waals surface area contributed by atoms with Crippen molar-refractivity contribution in [1.82, 2.24) is 0 Å². The quantitative estimate of drug-likeness (QED) is 0.159. The molecule has 0 N–H and O–H groups in total. The topological polar surface area (TPSA) is 205 Å². The molecule has 281 valence electrons. The molecule has 0 fully saturated rings. The number of hydrogen-bond acceptors (Lipinski definition) is 12. The van der Waals surface area contributed by atoms with Gasteiger partial charge in [0.05, 0.1) is 49.7 Å². The Morgan fingerprint density at radius 1 is 0.365 bits per heavy atom. The van der Waals surface area contributed by atoms with Gasteiger partial charge in [-0.1, -0.05) is 54.6 Å². The van der Waals surface area contributed by atoms with Gasteiger partial charge in [-0.3, -0.25) is 28.8 Å². The van der Waals surface area contributed by atoms with Crippen molar-refractivity contribution in [3.63, 3.8) is 0 Å². The monoisotopic (exact) mass is 818 g/mol. The molecule has 0 spiro atoms. The summed E-state index contributed by atoms with van der Waals surface area (Å²) in [5.74, 6) is -7.09. The first-order valence-corrected chi connectivity index (χ1v) is 20.3. The van der Waals surface area contributed by atoms with Crippen molar-refractivity contribution >= 4 is 64.2 Å². The van der Waals surface area contributed by atoms with Gasteiger partial charge in [0.1, 0.15) is 34.7 Å². The minimum Gasteiger partial charge on any atom is -0.299 e. The van der Waals surface area contributed by atoms with Crippen LogP contribution in [0.3, 0.4) is 0 Å². The van der Waals surface area contributed by atoms with E-state index in [1.165, 1.54) is 77.9 Å². The first kappa shape index (κ1) is 48.0. The molecule has 3 aromatic carbocycles. The van der Waals surface area contributed by atoms with Gasteiger partial charge in [0.2, 0.25) is 0 Å². The Labute approximate surface area is 316 Å². The van der Waals surface area contributed by atoms with Crippen LogP contribution in [-0.2, 0) is 75.3 Å². The average molecular weight is 819 g/mol. The number of carbonyl (C=O) groups is 6. The zero-order valence-electron chi connectivity index (χ0n) is 29.5. The van der Waals surface area contributed by atoms with Crippen molar-refractivity contribution in [2.75, 3.05) is 17.3 Å². The minimum absolute atomic E-state index is 0. The Balaban J connectivity index is 0.000000743. The van der Waals surface area contributed by atoms with E-state index in [2.05, 4.69) is 0 Å². The van der Waals surface area contributed by atoms with E-state index in [4.69, 9.17) is 0 Å². The van der Waals surface area contributed by atoms with Crippen LogP contribution in [0.4, 0.5) is 0 Å². The molecule has 0 amide bonds. The van der Waals surface area contributed by atoms with Crippen molar-refractivity contribution in [2.24, 2.45) is 17.8 Å². The largest absolute Gasteiger partial charge is 3.00 e. The van der Waals surface area contributed by atoms with Crippen molar-refractivity contribution < 1.29 is 71.1 Å². The molecule has 0 aliphatic heterocycles. The van der Waals surface area contributed by atoms with Crippen LogP contribution in [0.25, 0.3) is 0 Å². The Kier molecular flexibility index (Phi) is 19.9. The molecule has 1 radical (unpaired) electrons. The van der Waals surface area contributed by atoms with E-state index < -0.39 is 99.2 Å². The predicted molar refractivity (Wildman–Crippen MR) is 190 cm³/mol. The molecule has 0 aliphatic rings. The standard InChI is InChI=1S/3C12H14O4S.Fe/c3*1-9(13)12(10(2)14)8-17(15,16)11-6-4-3-5-7-11;/h3*3-7,12H,8H2,1-2H3;/q;;;+3. The van der Waals surface area contributed by atoms with E-state index in [9.17, 15) is 54.0 Å². The summed E-state index contributed by atoms with van der Waals surface area (Å²) in [6.07, 6.45) is 0. The van der Waals surface area contributed by atoms with Gasteiger partial charge in [0.15, 0.2) is 29.5 Å². The molecule has 0 aliphatic carbocycles. The summed E-state index contributed by atoms with van der Waals surface area (Å²) >= 11 is 0. The van der Waals surface area contributed by atoms with E-state index in [0.717, 1.165) is 0 Å². The molecule has 0 aromatic heterocycles. The van der Waals surface area contributed by atoms with E-state index in [-0.39, 0.29) is 31.8 Å². The van der Waals surface area contributed by atoms with Crippen LogP contribution in [-0.4, -0.2) is 77.2 Å². The van der Waals surface area contributed by atoms with Gasteiger partial charge < -0.3 is 0 Å². The van der Waals surface area contributed by atoms with Crippen molar-refractivity contribution in [3.05, 3.63) is 91.0 Å². The first-order chi connectivity index (χ1) is 23.5. The zero-order valence-corrected chi connectivity index (χ0v) is 33.0. The van der Waals surface area contributed by atoms with Crippen LogP contribution in [0, 0.1) is 17.8 Å². The maximum atomic E-state index is 11.9. The number of benzene rings is 3. The van der Waals surface area contributed by atoms with Crippen molar-refractivity contribution in [1.29, 1.82) is 0 Å². The molecule has 52 heavy (non-hydrogen) atoms. The molecular formula is C36H42FeO12S3+3. The second-order valence-electron chi connectivity index (χ2n) is 11.6. The van der Waals surface area contributed by atoms with Crippen molar-refractivity contribution in [3.8, 4) is 0 Å². The Morgan fingerprint density at radius 2 is 0.519 bits per heavy atom. The number of ketones is 6. The van der Waals surface area contributed by atoms with Crippen LogP contribution < -0.4 is 0 Å². The maximum Gasteiger partial charge on any atom is 3.00 e. The number of sulfone groups is 3. The normalized spacial score (nSPS) is 11.2. The first-order valence-electron chi connectivity index (χ1n) is 15.4. The summed E-state index contributed by atoms with van der Waals surface area (Å²) in [4.78, 5) is 67.7. The van der Waals surface area contributed by atoms with Crippen LogP contribution in [0.2, 0.25) is 0 Å². The van der Waals surface area contributed by atoms with E-state index >= 15 is 0 Å². The molecule has 0 saturated carbocycles. The van der Waals surface area contributed by atoms with Gasteiger partial charge in [0, 0.05) is 0 Å². The summed E-state index contributed by atoms with van der Waals surface area (Å²) in [7, 11) is -10.8. The smallest absolute Gasteiger partial charge is 0.299 e. The summed E-state index contributed by atoms with van der Waals surface area (Å²) in [5.41, 5.74) is 0. The van der Waals surface area contributed by atoms with Crippen LogP contribution in [0.5, 0.6) is 0 Å². The fraction of sp³-hybridized carbons (Fsp3) is 0.333. The number of rotatable bonds is 15. The van der Waals surface area contributed by atoms with Gasteiger partial charge in [-0.15, -0.1) is 0 Å². The summed E-state index contributed by atoms with van der Waals surface area (Å²) < 4.78 is 71.7. The Morgan fingerprint density at radius 3 is 0.654 bits per heavy atom. The maximum absolute atomic E-state index is 11.9. The van der Waals surface area contributed by atoms with E-state index in [1.54, 1.807) is 54.6 Å². The SMILES string of the molecule is CC(=O)C(CS(=O)(=O)c1ccccc1)C(C)=O.CC(=O)C(CS(=O)(=O)c1ccccc1)C(C)=O.CC(=O)C(CS(=O)(=O)c1ccccc1)C(C)=O.[Fe+3]. The van der Waals surface area contributed by atoms with Gasteiger partial charge in [0.25, 0.3) is 0 Å². The molecule has 0 bridgehead atoms. The summed E-state index contributed by atoms with van der Waals surface area (Å²) in [6.45, 7) is 7.37. The van der Waals surface area contributed by atoms with Gasteiger partial charge in [-0.25, -0.2) is 25.3 Å². The Bertz CT molecular complexity index is 1750. The van der Waals surface area contributed by atoms with Crippen molar-refractivity contribution in [2.45, 2.75) is 56.2 Å². The fourth-order valence-corrected chi connectivity index (χ4v) is 9.41. The van der Waals surface area contributed by atoms with Crippen LogP contribution in [0.1, 0.15) is 41.5 Å². The molecule has 0 unspecified atom stereocenters. The average Bonchev–Trinajstić information content (AvgIpc) is 3.06. The number of Topliss-reactive ketones (excluding diaryl/α,β-unsaturated/α-hetero) is 6. The minimum atomic E-state index is -3.59. The molecular weight excluding hydrogens is 776 g/mol. The third kappa shape index (κ3) is 15.7. The molecule has 0 heterocycles. The molecule has 3 rings (SSSR count). The van der Waals surface area contributed by atoms with Gasteiger partial charge in [-0.2, -0.15) is 0 Å². The number of hydrogen-bond donors (Lipinski definition) is 0. The van der Waals surface area contributed by atoms with Crippen LogP contribution >= 0.6 is 0 Å². The third-order valence-electron chi connectivity index (χ3n) is 7.41. The summed E-state index contributed by atoms with van der Waals surface area (Å²) in [5, 5.41) is 0. The van der Waals surface area contributed by atoms with Crippen LogP contribution in [0.15, 0.2) is 106 Å². The Hall–Kier alpha value is -3.95. The number of carbonyl (C=O) groups excluding carboxylic acids is 6. The molecule has 3 aromatic rings. The second-order valence-corrected chi connectivity index (χ2v) is 17.7.